The summed E-state index contributed by atoms with van der Waals surface area (Å²) in [4.78, 5) is 4.44. The topological polar surface area (TPSA) is 29.9 Å². The Bertz CT molecular complexity index is 508. The van der Waals surface area contributed by atoms with Gasteiger partial charge in [-0.1, -0.05) is 18.2 Å². The van der Waals surface area contributed by atoms with Crippen molar-refractivity contribution in [3.63, 3.8) is 0 Å². The van der Waals surface area contributed by atoms with Crippen molar-refractivity contribution < 1.29 is 0 Å². The summed E-state index contributed by atoms with van der Waals surface area (Å²) in [6.45, 7) is 4.35. The fraction of sp³-hybridized carbons (Fsp3) is 0.400. The largest absolute Gasteiger partial charge is 0.337 e. The Morgan fingerprint density at radius 2 is 1.94 bits per heavy atom. The highest BCUT2D eigenvalue weighted by Crippen LogP contribution is 2.21. The van der Waals surface area contributed by atoms with Crippen molar-refractivity contribution in [2.45, 2.75) is 26.3 Å². The standard InChI is InChI=1S/C15H21N3/c1-11-6-5-7-12(2)13(11)10-14(16-3)15-17-8-9-18(15)4/h5-9,14,16H,10H2,1-4H3. The van der Waals surface area contributed by atoms with Crippen LogP contribution in [0.5, 0.6) is 0 Å². The molecule has 0 spiro atoms. The highest BCUT2D eigenvalue weighted by atomic mass is 15.1. The molecule has 0 bridgehead atoms. The highest BCUT2D eigenvalue weighted by molar-refractivity contribution is 5.34. The predicted octanol–water partition coefficient (Wildman–Crippen LogP) is 2.54. The fourth-order valence-corrected chi connectivity index (χ4v) is 2.41. The van der Waals surface area contributed by atoms with Crippen molar-refractivity contribution >= 4 is 0 Å². The van der Waals surface area contributed by atoms with E-state index in [0.29, 0.717) is 0 Å². The molecule has 1 aromatic carbocycles. The molecule has 0 fully saturated rings. The Morgan fingerprint density at radius 1 is 1.28 bits per heavy atom. The molecule has 0 saturated heterocycles. The van der Waals surface area contributed by atoms with Crippen molar-refractivity contribution in [1.82, 2.24) is 14.9 Å². The van der Waals surface area contributed by atoms with Gasteiger partial charge in [0.1, 0.15) is 5.82 Å². The number of nitrogens with zero attached hydrogens (tertiary/aromatic N) is 2. The molecule has 1 atom stereocenters. The number of rotatable bonds is 4. The second kappa shape index (κ2) is 5.36. The molecule has 1 heterocycles. The minimum atomic E-state index is 0.254. The first-order valence-corrected chi connectivity index (χ1v) is 6.33. The third-order valence-electron chi connectivity index (χ3n) is 3.57. The molecule has 0 radical (unpaired) electrons. The second-order valence-corrected chi connectivity index (χ2v) is 4.81. The van der Waals surface area contributed by atoms with E-state index in [0.717, 1.165) is 12.2 Å². The molecule has 1 N–H and O–H groups in total. The summed E-state index contributed by atoms with van der Waals surface area (Å²) in [7, 11) is 4.03. The van der Waals surface area contributed by atoms with E-state index in [4.69, 9.17) is 0 Å². The molecule has 1 aromatic heterocycles. The first-order valence-electron chi connectivity index (χ1n) is 6.33. The van der Waals surface area contributed by atoms with Crippen LogP contribution in [0, 0.1) is 13.8 Å². The van der Waals surface area contributed by atoms with E-state index < -0.39 is 0 Å². The molecular formula is C15H21N3. The monoisotopic (exact) mass is 243 g/mol. The summed E-state index contributed by atoms with van der Waals surface area (Å²) in [5, 5.41) is 3.36. The Kier molecular flexibility index (Phi) is 3.82. The number of hydrogen-bond acceptors (Lipinski definition) is 2. The Balaban J connectivity index is 2.29. The first-order chi connectivity index (χ1) is 8.63. The lowest BCUT2D eigenvalue weighted by Gasteiger charge is -2.18. The van der Waals surface area contributed by atoms with E-state index in [9.17, 15) is 0 Å². The molecule has 0 aliphatic rings. The van der Waals surface area contributed by atoms with Crippen molar-refractivity contribution in [1.29, 1.82) is 0 Å². The summed E-state index contributed by atoms with van der Waals surface area (Å²) < 4.78 is 2.08. The van der Waals surface area contributed by atoms with Crippen LogP contribution in [0.2, 0.25) is 0 Å². The lowest BCUT2D eigenvalue weighted by Crippen LogP contribution is -2.23. The zero-order chi connectivity index (χ0) is 13.1. The van der Waals surface area contributed by atoms with E-state index in [1.54, 1.807) is 0 Å². The summed E-state index contributed by atoms with van der Waals surface area (Å²) in [5.74, 6) is 1.08. The Labute approximate surface area is 109 Å². The maximum absolute atomic E-state index is 4.44. The van der Waals surface area contributed by atoms with E-state index >= 15 is 0 Å². The fourth-order valence-electron chi connectivity index (χ4n) is 2.41. The van der Waals surface area contributed by atoms with Gasteiger partial charge in [-0.3, -0.25) is 0 Å². The molecule has 2 aromatic rings. The molecule has 96 valence electrons. The number of aryl methyl sites for hydroxylation is 3. The molecule has 3 heteroatoms. The number of aromatic nitrogens is 2. The number of benzene rings is 1. The molecule has 1 unspecified atom stereocenters. The van der Waals surface area contributed by atoms with E-state index in [2.05, 4.69) is 46.9 Å². The van der Waals surface area contributed by atoms with Crippen LogP contribution < -0.4 is 5.32 Å². The van der Waals surface area contributed by atoms with Gasteiger partial charge in [0.15, 0.2) is 0 Å². The molecule has 18 heavy (non-hydrogen) atoms. The molecular weight excluding hydrogens is 222 g/mol. The molecule has 0 saturated carbocycles. The summed E-state index contributed by atoms with van der Waals surface area (Å²) in [5.41, 5.74) is 4.12. The third kappa shape index (κ3) is 2.46. The molecule has 2 rings (SSSR count). The summed E-state index contributed by atoms with van der Waals surface area (Å²) >= 11 is 0. The van der Waals surface area contributed by atoms with Crippen molar-refractivity contribution in [2.75, 3.05) is 7.05 Å². The van der Waals surface area contributed by atoms with Gasteiger partial charge >= 0.3 is 0 Å². The van der Waals surface area contributed by atoms with E-state index in [1.807, 2.05) is 26.5 Å². The normalized spacial score (nSPS) is 12.7. The first kappa shape index (κ1) is 12.8. The molecule has 0 aliphatic carbocycles. The average molecular weight is 243 g/mol. The average Bonchev–Trinajstić information content (AvgIpc) is 2.76. The van der Waals surface area contributed by atoms with Gasteiger partial charge in [0.2, 0.25) is 0 Å². The lowest BCUT2D eigenvalue weighted by atomic mass is 9.96. The zero-order valence-electron chi connectivity index (χ0n) is 11.6. The van der Waals surface area contributed by atoms with Gasteiger partial charge in [0.05, 0.1) is 6.04 Å². The van der Waals surface area contributed by atoms with Crippen LogP contribution in [0.15, 0.2) is 30.6 Å². The number of hydrogen-bond donors (Lipinski definition) is 1. The van der Waals surface area contributed by atoms with Crippen LogP contribution in [0.4, 0.5) is 0 Å². The smallest absolute Gasteiger partial charge is 0.125 e. The van der Waals surface area contributed by atoms with Gasteiger partial charge < -0.3 is 9.88 Å². The lowest BCUT2D eigenvalue weighted by molar-refractivity contribution is 0.536. The predicted molar refractivity (Wildman–Crippen MR) is 74.6 cm³/mol. The van der Waals surface area contributed by atoms with Crippen LogP contribution in [-0.2, 0) is 13.5 Å². The second-order valence-electron chi connectivity index (χ2n) is 4.81. The molecule has 3 nitrogen and oxygen atoms in total. The van der Waals surface area contributed by atoms with Crippen LogP contribution in [0.3, 0.4) is 0 Å². The van der Waals surface area contributed by atoms with Crippen molar-refractivity contribution in [3.05, 3.63) is 53.1 Å². The number of nitrogens with one attached hydrogen (secondary N) is 1. The van der Waals surface area contributed by atoms with E-state index in [-0.39, 0.29) is 6.04 Å². The minimum absolute atomic E-state index is 0.254. The van der Waals surface area contributed by atoms with Crippen molar-refractivity contribution in [2.24, 2.45) is 7.05 Å². The van der Waals surface area contributed by atoms with Gasteiger partial charge in [-0.2, -0.15) is 0 Å². The Hall–Kier alpha value is -1.61. The van der Waals surface area contributed by atoms with Gasteiger partial charge in [-0.25, -0.2) is 4.98 Å². The zero-order valence-corrected chi connectivity index (χ0v) is 11.6. The number of likely N-dealkylation sites (N-methyl/N-ethyl adjacent to an activating group) is 1. The van der Waals surface area contributed by atoms with Gasteiger partial charge in [0.25, 0.3) is 0 Å². The van der Waals surface area contributed by atoms with Gasteiger partial charge in [-0.05, 0) is 44.0 Å². The highest BCUT2D eigenvalue weighted by Gasteiger charge is 2.16. The van der Waals surface area contributed by atoms with Crippen LogP contribution >= 0.6 is 0 Å². The molecule has 0 aliphatic heterocycles. The van der Waals surface area contributed by atoms with Crippen LogP contribution in [-0.4, -0.2) is 16.6 Å². The SMILES string of the molecule is CNC(Cc1c(C)cccc1C)c1nccn1C. The number of imidazole rings is 1. The van der Waals surface area contributed by atoms with Crippen molar-refractivity contribution in [3.8, 4) is 0 Å². The van der Waals surface area contributed by atoms with E-state index in [1.165, 1.54) is 16.7 Å². The van der Waals surface area contributed by atoms with Crippen LogP contribution in [0.25, 0.3) is 0 Å². The summed E-state index contributed by atoms with van der Waals surface area (Å²) in [6, 6.07) is 6.72. The van der Waals surface area contributed by atoms with Gasteiger partial charge in [-0.15, -0.1) is 0 Å². The van der Waals surface area contributed by atoms with Gasteiger partial charge in [0, 0.05) is 19.4 Å². The molecule has 0 amide bonds. The maximum Gasteiger partial charge on any atom is 0.125 e. The maximum atomic E-state index is 4.44. The van der Waals surface area contributed by atoms with Crippen LogP contribution in [0.1, 0.15) is 28.6 Å². The quantitative estimate of drug-likeness (QED) is 0.894. The third-order valence-corrected chi connectivity index (χ3v) is 3.57. The summed E-state index contributed by atoms with van der Waals surface area (Å²) in [6.07, 6.45) is 4.81. The minimum Gasteiger partial charge on any atom is -0.337 e. The Morgan fingerprint density at radius 3 is 2.44 bits per heavy atom.